The van der Waals surface area contributed by atoms with Gasteiger partial charge in [0.25, 0.3) is 0 Å². The number of rotatable bonds is 4. The highest BCUT2D eigenvalue weighted by Gasteiger charge is 2.20. The third-order valence-electron chi connectivity index (χ3n) is 3.02. The van der Waals surface area contributed by atoms with E-state index in [0.29, 0.717) is 11.1 Å². The zero-order chi connectivity index (χ0) is 14.7. The number of carboxylic acids is 1. The van der Waals surface area contributed by atoms with Crippen molar-refractivity contribution < 1.29 is 19.4 Å². The highest BCUT2D eigenvalue weighted by atomic mass is 35.5. The van der Waals surface area contributed by atoms with Gasteiger partial charge in [-0.2, -0.15) is 0 Å². The molecule has 0 saturated heterocycles. The van der Waals surface area contributed by atoms with E-state index >= 15 is 0 Å². The molecule has 0 amide bonds. The van der Waals surface area contributed by atoms with Crippen LogP contribution >= 0.6 is 11.6 Å². The zero-order valence-electron chi connectivity index (χ0n) is 10.4. The topological polar surface area (TPSA) is 57.5 Å². The van der Waals surface area contributed by atoms with Crippen LogP contribution in [0, 0.1) is 5.82 Å². The Hall–Kier alpha value is -2.07. The van der Waals surface area contributed by atoms with Gasteiger partial charge in [0.15, 0.2) is 0 Å². The molecule has 0 aliphatic carbocycles. The van der Waals surface area contributed by atoms with Crippen molar-refractivity contribution in [1.29, 1.82) is 0 Å². The molecule has 3 nitrogen and oxygen atoms in total. The molecule has 2 rings (SSSR count). The number of phenols is 1. The third-order valence-corrected chi connectivity index (χ3v) is 3.33. The van der Waals surface area contributed by atoms with Gasteiger partial charge >= 0.3 is 5.97 Å². The second-order valence-corrected chi connectivity index (χ2v) is 4.84. The molecular formula is C15H12ClFO3. The molecule has 0 aromatic heterocycles. The van der Waals surface area contributed by atoms with Crippen molar-refractivity contribution in [1.82, 2.24) is 0 Å². The summed E-state index contributed by atoms with van der Waals surface area (Å²) in [5, 5.41) is 18.8. The first-order valence-corrected chi connectivity index (χ1v) is 6.31. The molecule has 0 spiro atoms. The molecule has 0 aliphatic rings. The van der Waals surface area contributed by atoms with Gasteiger partial charge in [0.2, 0.25) is 0 Å². The molecule has 0 saturated carbocycles. The first-order chi connectivity index (χ1) is 9.47. The van der Waals surface area contributed by atoms with Gasteiger partial charge in [0.1, 0.15) is 11.6 Å². The molecule has 20 heavy (non-hydrogen) atoms. The average Bonchev–Trinajstić information content (AvgIpc) is 2.41. The number of carbonyl (C=O) groups is 1. The highest BCUT2D eigenvalue weighted by Crippen LogP contribution is 2.27. The Morgan fingerprint density at radius 1 is 1.20 bits per heavy atom. The summed E-state index contributed by atoms with van der Waals surface area (Å²) in [6, 6.07) is 9.93. The van der Waals surface area contributed by atoms with E-state index in [1.54, 1.807) is 6.07 Å². The summed E-state index contributed by atoms with van der Waals surface area (Å²) >= 11 is 5.80. The number of halogens is 2. The van der Waals surface area contributed by atoms with Crippen molar-refractivity contribution in [3.63, 3.8) is 0 Å². The maximum absolute atomic E-state index is 12.9. The number of hydrogen-bond acceptors (Lipinski definition) is 2. The largest absolute Gasteiger partial charge is 0.506 e. The summed E-state index contributed by atoms with van der Waals surface area (Å²) in [6.07, 6.45) is 0.209. The van der Waals surface area contributed by atoms with Crippen LogP contribution in [0.1, 0.15) is 17.0 Å². The molecule has 0 bridgehead atoms. The van der Waals surface area contributed by atoms with E-state index < -0.39 is 17.7 Å². The first kappa shape index (κ1) is 14.3. The van der Waals surface area contributed by atoms with E-state index in [0.717, 1.165) is 0 Å². The Kier molecular flexibility index (Phi) is 4.25. The van der Waals surface area contributed by atoms with Crippen molar-refractivity contribution in [2.45, 2.75) is 12.3 Å². The Morgan fingerprint density at radius 2 is 1.85 bits per heavy atom. The number of aromatic hydroxyl groups is 1. The third kappa shape index (κ3) is 3.27. The second kappa shape index (κ2) is 5.92. The fourth-order valence-corrected chi connectivity index (χ4v) is 2.16. The van der Waals surface area contributed by atoms with Gasteiger partial charge in [-0.3, -0.25) is 4.79 Å². The van der Waals surface area contributed by atoms with Gasteiger partial charge < -0.3 is 10.2 Å². The van der Waals surface area contributed by atoms with Crippen LogP contribution in [-0.2, 0) is 11.2 Å². The Balaban J connectivity index is 2.27. The van der Waals surface area contributed by atoms with Gasteiger partial charge in [0, 0.05) is 0 Å². The number of phenolic OH excluding ortho intramolecular Hbond substituents is 1. The van der Waals surface area contributed by atoms with Crippen LogP contribution in [0.5, 0.6) is 5.75 Å². The van der Waals surface area contributed by atoms with Crippen LogP contribution < -0.4 is 0 Å². The lowest BCUT2D eigenvalue weighted by Crippen LogP contribution is -2.14. The van der Waals surface area contributed by atoms with Crippen molar-refractivity contribution >= 4 is 17.6 Å². The standard InChI is InChI=1S/C15H12ClFO3/c16-13-8-9(1-6-14(13)18)7-12(15(19)20)10-2-4-11(17)5-3-10/h1-6,8,12,18H,7H2,(H,19,20). The van der Waals surface area contributed by atoms with Crippen molar-refractivity contribution in [3.8, 4) is 5.75 Å². The molecule has 104 valence electrons. The number of aliphatic carboxylic acids is 1. The van der Waals surface area contributed by atoms with Crippen LogP contribution in [0.15, 0.2) is 42.5 Å². The molecule has 1 unspecified atom stereocenters. The minimum atomic E-state index is -0.999. The number of hydrogen-bond donors (Lipinski definition) is 2. The van der Waals surface area contributed by atoms with E-state index in [1.807, 2.05) is 0 Å². The Morgan fingerprint density at radius 3 is 2.40 bits per heavy atom. The van der Waals surface area contributed by atoms with Crippen LogP contribution in [0.2, 0.25) is 5.02 Å². The van der Waals surface area contributed by atoms with E-state index in [1.165, 1.54) is 36.4 Å². The van der Waals surface area contributed by atoms with Gasteiger partial charge in [-0.1, -0.05) is 29.8 Å². The van der Waals surface area contributed by atoms with Gasteiger partial charge in [-0.15, -0.1) is 0 Å². The van der Waals surface area contributed by atoms with E-state index in [4.69, 9.17) is 11.6 Å². The predicted molar refractivity (Wildman–Crippen MR) is 73.6 cm³/mol. The fourth-order valence-electron chi connectivity index (χ4n) is 1.96. The summed E-state index contributed by atoms with van der Waals surface area (Å²) in [4.78, 5) is 11.4. The fraction of sp³-hybridized carbons (Fsp3) is 0.133. The number of benzene rings is 2. The molecule has 5 heteroatoms. The van der Waals surface area contributed by atoms with E-state index in [9.17, 15) is 19.4 Å². The van der Waals surface area contributed by atoms with Crippen LogP contribution in [-0.4, -0.2) is 16.2 Å². The minimum absolute atomic E-state index is 0.0518. The zero-order valence-corrected chi connectivity index (χ0v) is 11.1. The molecule has 0 aliphatic heterocycles. The van der Waals surface area contributed by atoms with Gasteiger partial charge in [0.05, 0.1) is 10.9 Å². The predicted octanol–water partition coefficient (Wildman–Crippen LogP) is 3.60. The molecule has 0 radical (unpaired) electrons. The SMILES string of the molecule is O=C(O)C(Cc1ccc(O)c(Cl)c1)c1ccc(F)cc1. The smallest absolute Gasteiger partial charge is 0.311 e. The lowest BCUT2D eigenvalue weighted by atomic mass is 9.92. The molecule has 2 aromatic carbocycles. The summed E-state index contributed by atoms with van der Waals surface area (Å²) in [6.45, 7) is 0. The second-order valence-electron chi connectivity index (χ2n) is 4.43. The molecule has 1 atom stereocenters. The minimum Gasteiger partial charge on any atom is -0.506 e. The van der Waals surface area contributed by atoms with Crippen molar-refractivity contribution in [2.75, 3.05) is 0 Å². The van der Waals surface area contributed by atoms with Crippen LogP contribution in [0.3, 0.4) is 0 Å². The highest BCUT2D eigenvalue weighted by molar-refractivity contribution is 6.32. The average molecular weight is 295 g/mol. The van der Waals surface area contributed by atoms with Crippen LogP contribution in [0.25, 0.3) is 0 Å². The number of carboxylic acid groups (broad SMARTS) is 1. The summed E-state index contributed by atoms with van der Waals surface area (Å²) < 4.78 is 12.9. The summed E-state index contributed by atoms with van der Waals surface area (Å²) in [5.74, 6) is -2.26. The molecule has 0 fully saturated rings. The molecule has 2 N–H and O–H groups in total. The van der Waals surface area contributed by atoms with Crippen molar-refractivity contribution in [3.05, 3.63) is 64.4 Å². The molecule has 0 heterocycles. The molecule has 2 aromatic rings. The van der Waals surface area contributed by atoms with Gasteiger partial charge in [-0.05, 0) is 41.8 Å². The van der Waals surface area contributed by atoms with Gasteiger partial charge in [-0.25, -0.2) is 4.39 Å². The lowest BCUT2D eigenvalue weighted by Gasteiger charge is -2.13. The molecular weight excluding hydrogens is 283 g/mol. The summed E-state index contributed by atoms with van der Waals surface area (Å²) in [7, 11) is 0. The van der Waals surface area contributed by atoms with E-state index in [2.05, 4.69) is 0 Å². The van der Waals surface area contributed by atoms with Crippen LogP contribution in [0.4, 0.5) is 4.39 Å². The Labute approximate surface area is 120 Å². The van der Waals surface area contributed by atoms with E-state index in [-0.39, 0.29) is 17.2 Å². The first-order valence-electron chi connectivity index (χ1n) is 5.93. The van der Waals surface area contributed by atoms with Crippen molar-refractivity contribution in [2.24, 2.45) is 0 Å². The Bertz CT molecular complexity index is 626. The maximum Gasteiger partial charge on any atom is 0.311 e. The quantitative estimate of drug-likeness (QED) is 0.906. The normalized spacial score (nSPS) is 12.1. The maximum atomic E-state index is 12.9. The summed E-state index contributed by atoms with van der Waals surface area (Å²) in [5.41, 5.74) is 1.20. The monoisotopic (exact) mass is 294 g/mol. The lowest BCUT2D eigenvalue weighted by molar-refractivity contribution is -0.138.